The van der Waals surface area contributed by atoms with Crippen LogP contribution in [0.15, 0.2) is 0 Å². The zero-order valence-electron chi connectivity index (χ0n) is 11.0. The van der Waals surface area contributed by atoms with Crippen LogP contribution in [0.3, 0.4) is 0 Å². The topological polar surface area (TPSA) is 58.6 Å². The van der Waals surface area contributed by atoms with Gasteiger partial charge in [-0.25, -0.2) is 4.79 Å². The molecule has 0 aromatic carbocycles. The molecule has 0 aromatic heterocycles. The summed E-state index contributed by atoms with van der Waals surface area (Å²) in [4.78, 5) is 11.3. The zero-order valence-corrected chi connectivity index (χ0v) is 11.0. The van der Waals surface area contributed by atoms with Crippen molar-refractivity contribution in [3.05, 3.63) is 0 Å². The van der Waals surface area contributed by atoms with Crippen LogP contribution < -0.4 is 5.32 Å². The molecule has 4 heteroatoms. The van der Waals surface area contributed by atoms with E-state index in [9.17, 15) is 4.79 Å². The van der Waals surface area contributed by atoms with E-state index in [1.807, 2.05) is 0 Å². The second kappa shape index (κ2) is 6.84. The molecule has 1 saturated carbocycles. The summed E-state index contributed by atoms with van der Waals surface area (Å²) in [5.74, 6) is 0.656. The number of rotatable bonds is 6. The first-order chi connectivity index (χ1) is 8.08. The minimum atomic E-state index is -0.408. The molecule has 1 aliphatic carbocycles. The fraction of sp³-hybridized carbons (Fsp3) is 0.923. The Morgan fingerprint density at radius 1 is 1.41 bits per heavy atom. The summed E-state index contributed by atoms with van der Waals surface area (Å²) in [6.07, 6.45) is 5.68. The van der Waals surface area contributed by atoms with E-state index in [4.69, 9.17) is 9.84 Å². The fourth-order valence-corrected chi connectivity index (χ4v) is 2.89. The number of carbonyl (C=O) groups is 1. The van der Waals surface area contributed by atoms with Gasteiger partial charge in [0, 0.05) is 6.54 Å². The first-order valence-electron chi connectivity index (χ1n) is 6.59. The highest BCUT2D eigenvalue weighted by atomic mass is 16.6. The molecule has 1 rings (SSSR count). The quantitative estimate of drug-likeness (QED) is 0.752. The molecule has 2 N–H and O–H groups in total. The van der Waals surface area contributed by atoms with Gasteiger partial charge in [-0.2, -0.15) is 0 Å². The van der Waals surface area contributed by atoms with Gasteiger partial charge < -0.3 is 15.2 Å². The molecule has 0 unspecified atom stereocenters. The van der Waals surface area contributed by atoms with E-state index >= 15 is 0 Å². The number of nitrogens with one attached hydrogen (secondary N) is 1. The van der Waals surface area contributed by atoms with Gasteiger partial charge in [0.2, 0.25) is 0 Å². The van der Waals surface area contributed by atoms with Crippen molar-refractivity contribution in [3.63, 3.8) is 0 Å². The van der Waals surface area contributed by atoms with Crippen molar-refractivity contribution in [2.45, 2.75) is 46.0 Å². The summed E-state index contributed by atoms with van der Waals surface area (Å²) in [6.45, 7) is 5.11. The molecule has 0 heterocycles. The van der Waals surface area contributed by atoms with E-state index in [0.717, 1.165) is 6.42 Å². The van der Waals surface area contributed by atoms with Crippen molar-refractivity contribution in [1.29, 1.82) is 0 Å². The van der Waals surface area contributed by atoms with E-state index in [1.54, 1.807) is 0 Å². The Hall–Kier alpha value is -0.770. The zero-order chi connectivity index (χ0) is 12.7. The van der Waals surface area contributed by atoms with Crippen LogP contribution in [-0.2, 0) is 4.74 Å². The van der Waals surface area contributed by atoms with Crippen LogP contribution in [0.4, 0.5) is 4.79 Å². The number of aliphatic hydroxyl groups excluding tert-OH is 1. The van der Waals surface area contributed by atoms with E-state index in [1.165, 1.54) is 25.7 Å². The summed E-state index contributed by atoms with van der Waals surface area (Å²) in [5.41, 5.74) is 0.270. The smallest absolute Gasteiger partial charge is 0.407 e. The van der Waals surface area contributed by atoms with E-state index in [2.05, 4.69) is 19.2 Å². The standard InChI is InChI=1S/C13H25NO3/c1-11(2)9-13(5-3-4-6-13)10-14-12(16)17-8-7-15/h11,15H,3-10H2,1-2H3,(H,14,16). The third kappa shape index (κ3) is 4.94. The first kappa shape index (κ1) is 14.3. The molecule has 0 saturated heterocycles. The van der Waals surface area contributed by atoms with Crippen LogP contribution in [0.2, 0.25) is 0 Å². The maximum Gasteiger partial charge on any atom is 0.407 e. The number of aliphatic hydroxyl groups is 1. The van der Waals surface area contributed by atoms with Gasteiger partial charge in [0.15, 0.2) is 0 Å². The van der Waals surface area contributed by atoms with Crippen LogP contribution in [-0.4, -0.2) is 31.0 Å². The lowest BCUT2D eigenvalue weighted by molar-refractivity contribution is 0.112. The summed E-state index contributed by atoms with van der Waals surface area (Å²) < 4.78 is 4.80. The number of ether oxygens (including phenoxy) is 1. The van der Waals surface area contributed by atoms with Crippen molar-refractivity contribution in [1.82, 2.24) is 5.32 Å². The Bertz CT molecular complexity index is 235. The molecule has 17 heavy (non-hydrogen) atoms. The molecule has 0 aliphatic heterocycles. The molecular weight excluding hydrogens is 218 g/mol. The Morgan fingerprint density at radius 3 is 2.59 bits per heavy atom. The fourth-order valence-electron chi connectivity index (χ4n) is 2.89. The number of hydrogen-bond donors (Lipinski definition) is 2. The molecule has 4 nitrogen and oxygen atoms in total. The van der Waals surface area contributed by atoms with Crippen molar-refractivity contribution in [2.75, 3.05) is 19.8 Å². The Labute approximate surface area is 104 Å². The highest BCUT2D eigenvalue weighted by Crippen LogP contribution is 2.42. The second-order valence-corrected chi connectivity index (χ2v) is 5.52. The predicted molar refractivity (Wildman–Crippen MR) is 66.8 cm³/mol. The van der Waals surface area contributed by atoms with Gasteiger partial charge in [-0.15, -0.1) is 0 Å². The lowest BCUT2D eigenvalue weighted by Gasteiger charge is -2.30. The van der Waals surface area contributed by atoms with Crippen LogP contribution in [0.5, 0.6) is 0 Å². The first-order valence-corrected chi connectivity index (χ1v) is 6.59. The maximum absolute atomic E-state index is 11.3. The summed E-state index contributed by atoms with van der Waals surface area (Å²) in [7, 11) is 0. The minimum absolute atomic E-state index is 0.0724. The highest BCUT2D eigenvalue weighted by Gasteiger charge is 2.34. The van der Waals surface area contributed by atoms with Crippen LogP contribution in [0, 0.1) is 11.3 Å². The van der Waals surface area contributed by atoms with Gasteiger partial charge in [-0.3, -0.25) is 0 Å². The molecule has 0 aromatic rings. The number of alkyl carbamates (subject to hydrolysis) is 1. The van der Waals surface area contributed by atoms with Gasteiger partial charge >= 0.3 is 6.09 Å². The molecule has 0 bridgehead atoms. The molecule has 1 aliphatic rings. The third-order valence-electron chi connectivity index (χ3n) is 3.44. The van der Waals surface area contributed by atoms with Crippen molar-refractivity contribution in [3.8, 4) is 0 Å². The molecule has 1 amide bonds. The van der Waals surface area contributed by atoms with E-state index in [0.29, 0.717) is 12.5 Å². The van der Waals surface area contributed by atoms with Gasteiger partial charge in [-0.1, -0.05) is 26.7 Å². The molecule has 0 radical (unpaired) electrons. The molecule has 100 valence electrons. The van der Waals surface area contributed by atoms with E-state index < -0.39 is 6.09 Å². The van der Waals surface area contributed by atoms with Gasteiger partial charge in [-0.05, 0) is 30.6 Å². The third-order valence-corrected chi connectivity index (χ3v) is 3.44. The summed E-state index contributed by atoms with van der Waals surface area (Å²) >= 11 is 0. The molecular formula is C13H25NO3. The van der Waals surface area contributed by atoms with Crippen molar-refractivity contribution >= 4 is 6.09 Å². The Balaban J connectivity index is 2.36. The normalized spacial score (nSPS) is 18.4. The van der Waals surface area contributed by atoms with Crippen LogP contribution in [0.1, 0.15) is 46.0 Å². The highest BCUT2D eigenvalue weighted by molar-refractivity contribution is 5.67. The van der Waals surface area contributed by atoms with Crippen molar-refractivity contribution in [2.24, 2.45) is 11.3 Å². The van der Waals surface area contributed by atoms with Gasteiger partial charge in [0.1, 0.15) is 6.61 Å². The van der Waals surface area contributed by atoms with Crippen LogP contribution in [0.25, 0.3) is 0 Å². The lowest BCUT2D eigenvalue weighted by atomic mass is 9.78. The largest absolute Gasteiger partial charge is 0.447 e. The van der Waals surface area contributed by atoms with Gasteiger partial charge in [0.05, 0.1) is 6.61 Å². The average Bonchev–Trinajstić information content (AvgIpc) is 2.71. The van der Waals surface area contributed by atoms with Gasteiger partial charge in [0.25, 0.3) is 0 Å². The summed E-state index contributed by atoms with van der Waals surface area (Å²) in [5, 5.41) is 11.4. The predicted octanol–water partition coefficient (Wildman–Crippen LogP) is 2.31. The average molecular weight is 243 g/mol. The SMILES string of the molecule is CC(C)CC1(CNC(=O)OCCO)CCCC1. The number of carbonyl (C=O) groups excluding carboxylic acids is 1. The Morgan fingerprint density at radius 2 is 2.06 bits per heavy atom. The molecule has 0 spiro atoms. The second-order valence-electron chi connectivity index (χ2n) is 5.52. The minimum Gasteiger partial charge on any atom is -0.447 e. The van der Waals surface area contributed by atoms with Crippen molar-refractivity contribution < 1.29 is 14.6 Å². The molecule has 1 fully saturated rings. The Kier molecular flexibility index (Phi) is 5.75. The summed E-state index contributed by atoms with van der Waals surface area (Å²) in [6, 6.07) is 0. The van der Waals surface area contributed by atoms with E-state index in [-0.39, 0.29) is 18.6 Å². The number of hydrogen-bond acceptors (Lipinski definition) is 3. The number of amides is 1. The van der Waals surface area contributed by atoms with Crippen LogP contribution >= 0.6 is 0 Å². The maximum atomic E-state index is 11.3. The molecule has 0 atom stereocenters. The lowest BCUT2D eigenvalue weighted by Crippen LogP contribution is -2.37. The monoisotopic (exact) mass is 243 g/mol.